The largest absolute Gasteiger partial charge is 0.385 e. The normalized spacial score (nSPS) is 10.6. The molecule has 1 heterocycles. The van der Waals surface area contributed by atoms with Gasteiger partial charge in [-0.05, 0) is 19.8 Å². The molecule has 1 aromatic heterocycles. The summed E-state index contributed by atoms with van der Waals surface area (Å²) in [7, 11) is 1.62. The van der Waals surface area contributed by atoms with E-state index in [2.05, 4.69) is 17.4 Å². The van der Waals surface area contributed by atoms with E-state index in [0.29, 0.717) is 37.6 Å². The Morgan fingerprint density at radius 3 is 2.71 bits per heavy atom. The lowest BCUT2D eigenvalue weighted by atomic mass is 10.1. The van der Waals surface area contributed by atoms with Crippen LogP contribution < -0.4 is 5.32 Å². The fourth-order valence-corrected chi connectivity index (χ4v) is 2.33. The molecule has 0 bridgehead atoms. The molecule has 0 atom stereocenters. The predicted molar refractivity (Wildman–Crippen MR) is 91.7 cm³/mol. The van der Waals surface area contributed by atoms with Crippen molar-refractivity contribution in [1.29, 1.82) is 0 Å². The first-order valence-electron chi connectivity index (χ1n) is 8.56. The van der Waals surface area contributed by atoms with Crippen LogP contribution in [0.25, 0.3) is 0 Å². The summed E-state index contributed by atoms with van der Waals surface area (Å²) in [6, 6.07) is 1.64. The Morgan fingerprint density at radius 2 is 2.08 bits per heavy atom. The van der Waals surface area contributed by atoms with Crippen LogP contribution in [0.3, 0.4) is 0 Å². The van der Waals surface area contributed by atoms with Crippen LogP contribution >= 0.6 is 0 Å². The van der Waals surface area contributed by atoms with Gasteiger partial charge in [0, 0.05) is 32.7 Å². The van der Waals surface area contributed by atoms with Crippen LogP contribution in [-0.2, 0) is 14.3 Å². The number of methoxy groups -OCH3 is 1. The zero-order valence-electron chi connectivity index (χ0n) is 15.0. The number of amides is 2. The highest BCUT2D eigenvalue weighted by atomic mass is 16.5. The predicted octanol–water partition coefficient (Wildman–Crippen LogP) is 2.76. The molecule has 0 saturated carbocycles. The Kier molecular flexibility index (Phi) is 9.76. The molecule has 0 aromatic carbocycles. The highest BCUT2D eigenvalue weighted by molar-refractivity contribution is 5.93. The lowest BCUT2D eigenvalue weighted by Crippen LogP contribution is -2.39. The third kappa shape index (κ3) is 8.10. The number of rotatable bonds is 12. The summed E-state index contributed by atoms with van der Waals surface area (Å²) in [6.45, 7) is 4.96. The number of nitrogens with zero attached hydrogens (tertiary/aromatic N) is 2. The van der Waals surface area contributed by atoms with Crippen LogP contribution in [0.2, 0.25) is 0 Å². The van der Waals surface area contributed by atoms with Gasteiger partial charge < -0.3 is 19.5 Å². The van der Waals surface area contributed by atoms with Gasteiger partial charge in [0.05, 0.1) is 6.54 Å². The molecule has 2 amide bonds. The quantitative estimate of drug-likeness (QED) is 0.592. The van der Waals surface area contributed by atoms with Gasteiger partial charge in [-0.1, -0.05) is 31.3 Å². The monoisotopic (exact) mass is 339 g/mol. The second kappa shape index (κ2) is 11.6. The van der Waals surface area contributed by atoms with Crippen LogP contribution in [0.1, 0.15) is 51.2 Å². The maximum Gasteiger partial charge on any atom is 0.245 e. The highest BCUT2D eigenvalue weighted by Gasteiger charge is 2.17. The molecule has 0 aliphatic heterocycles. The summed E-state index contributed by atoms with van der Waals surface area (Å²) in [5, 5.41) is 6.37. The first-order valence-corrected chi connectivity index (χ1v) is 8.56. The Balaban J connectivity index is 2.49. The third-order valence-electron chi connectivity index (χ3n) is 3.60. The van der Waals surface area contributed by atoms with E-state index in [0.717, 1.165) is 25.7 Å². The molecule has 0 aliphatic carbocycles. The van der Waals surface area contributed by atoms with E-state index >= 15 is 0 Å². The number of hydrogen-bond donors (Lipinski definition) is 1. The molecule has 1 rings (SSSR count). The maximum absolute atomic E-state index is 12.4. The van der Waals surface area contributed by atoms with E-state index in [-0.39, 0.29) is 18.4 Å². The van der Waals surface area contributed by atoms with Crippen molar-refractivity contribution in [3.63, 3.8) is 0 Å². The zero-order valence-corrected chi connectivity index (χ0v) is 15.0. The van der Waals surface area contributed by atoms with Gasteiger partial charge in [0.15, 0.2) is 5.82 Å². The van der Waals surface area contributed by atoms with E-state index in [4.69, 9.17) is 9.26 Å². The van der Waals surface area contributed by atoms with Crippen LogP contribution in [0.15, 0.2) is 10.6 Å². The Morgan fingerprint density at radius 1 is 1.29 bits per heavy atom. The summed E-state index contributed by atoms with van der Waals surface area (Å²) in [5.41, 5.74) is 0. The van der Waals surface area contributed by atoms with Gasteiger partial charge in [-0.2, -0.15) is 0 Å². The standard InChI is InChI=1S/C17H29N3O4/c1-4-5-6-7-9-17(22)20(10-8-11-23-3)13-16(21)18-15-12-14(2)24-19-15/h12H,4-11,13H2,1-3H3,(H,18,19,21). The summed E-state index contributed by atoms with van der Waals surface area (Å²) in [6.07, 6.45) is 5.33. The van der Waals surface area contributed by atoms with Crippen LogP contribution in [0.4, 0.5) is 5.82 Å². The number of nitrogens with one attached hydrogen (secondary N) is 1. The van der Waals surface area contributed by atoms with Crippen molar-refractivity contribution in [3.8, 4) is 0 Å². The molecule has 0 spiro atoms. The van der Waals surface area contributed by atoms with Gasteiger partial charge in [-0.25, -0.2) is 0 Å². The van der Waals surface area contributed by atoms with Gasteiger partial charge in [0.2, 0.25) is 11.8 Å². The maximum atomic E-state index is 12.4. The van der Waals surface area contributed by atoms with E-state index in [1.165, 1.54) is 0 Å². The van der Waals surface area contributed by atoms with Crippen molar-refractivity contribution in [1.82, 2.24) is 10.1 Å². The summed E-state index contributed by atoms with van der Waals surface area (Å²) >= 11 is 0. The number of unbranched alkanes of at least 4 members (excludes halogenated alkanes) is 3. The van der Waals surface area contributed by atoms with Gasteiger partial charge >= 0.3 is 0 Å². The Hall–Kier alpha value is -1.89. The smallest absolute Gasteiger partial charge is 0.245 e. The minimum absolute atomic E-state index is 0.00805. The number of carbonyl (C=O) groups excluding carboxylic acids is 2. The average molecular weight is 339 g/mol. The van der Waals surface area contributed by atoms with Crippen molar-refractivity contribution in [3.05, 3.63) is 11.8 Å². The average Bonchev–Trinajstić information content (AvgIpc) is 2.95. The van der Waals surface area contributed by atoms with Gasteiger partial charge in [-0.15, -0.1) is 0 Å². The summed E-state index contributed by atoms with van der Waals surface area (Å²) in [5.74, 6) is 0.718. The van der Waals surface area contributed by atoms with Gasteiger partial charge in [-0.3, -0.25) is 9.59 Å². The minimum Gasteiger partial charge on any atom is -0.385 e. The number of carbonyl (C=O) groups is 2. The first kappa shape index (κ1) is 20.2. The number of aromatic nitrogens is 1. The molecule has 136 valence electrons. The lowest BCUT2D eigenvalue weighted by Gasteiger charge is -2.22. The number of hydrogen-bond acceptors (Lipinski definition) is 5. The lowest BCUT2D eigenvalue weighted by molar-refractivity contribution is -0.135. The van der Waals surface area contributed by atoms with Crippen molar-refractivity contribution in [2.45, 2.75) is 52.4 Å². The first-order chi connectivity index (χ1) is 11.6. The second-order valence-corrected chi connectivity index (χ2v) is 5.84. The zero-order chi connectivity index (χ0) is 17.8. The van der Waals surface area contributed by atoms with Crippen molar-refractivity contribution in [2.24, 2.45) is 0 Å². The molecule has 0 radical (unpaired) electrons. The topological polar surface area (TPSA) is 84.7 Å². The van der Waals surface area contributed by atoms with Crippen LogP contribution in [0.5, 0.6) is 0 Å². The Labute approximate surface area is 143 Å². The third-order valence-corrected chi connectivity index (χ3v) is 3.60. The van der Waals surface area contributed by atoms with E-state index in [1.807, 2.05) is 0 Å². The molecule has 24 heavy (non-hydrogen) atoms. The molecule has 1 N–H and O–H groups in total. The molecular formula is C17H29N3O4. The highest BCUT2D eigenvalue weighted by Crippen LogP contribution is 2.09. The number of aryl methyl sites for hydroxylation is 1. The van der Waals surface area contributed by atoms with Crippen molar-refractivity contribution in [2.75, 3.05) is 32.1 Å². The Bertz CT molecular complexity index is 502. The molecule has 0 fully saturated rings. The molecule has 1 aromatic rings. The van der Waals surface area contributed by atoms with Crippen molar-refractivity contribution < 1.29 is 18.8 Å². The van der Waals surface area contributed by atoms with Gasteiger partial charge in [0.1, 0.15) is 5.76 Å². The molecule has 0 saturated heterocycles. The molecule has 7 heteroatoms. The molecular weight excluding hydrogens is 310 g/mol. The molecule has 7 nitrogen and oxygen atoms in total. The van der Waals surface area contributed by atoms with E-state index < -0.39 is 0 Å². The molecule has 0 unspecified atom stereocenters. The summed E-state index contributed by atoms with van der Waals surface area (Å²) < 4.78 is 9.94. The fourth-order valence-electron chi connectivity index (χ4n) is 2.33. The SMILES string of the molecule is CCCCCCC(=O)N(CCCOC)CC(=O)Nc1cc(C)on1. The fraction of sp³-hybridized carbons (Fsp3) is 0.706. The minimum atomic E-state index is -0.275. The second-order valence-electron chi connectivity index (χ2n) is 5.84. The van der Waals surface area contributed by atoms with Crippen molar-refractivity contribution >= 4 is 17.6 Å². The van der Waals surface area contributed by atoms with E-state index in [1.54, 1.807) is 25.0 Å². The number of anilines is 1. The number of ether oxygens (including phenoxy) is 1. The van der Waals surface area contributed by atoms with Crippen LogP contribution in [0, 0.1) is 6.92 Å². The molecule has 0 aliphatic rings. The summed E-state index contributed by atoms with van der Waals surface area (Å²) in [4.78, 5) is 26.1. The van der Waals surface area contributed by atoms with Gasteiger partial charge in [0.25, 0.3) is 0 Å². The van der Waals surface area contributed by atoms with Crippen LogP contribution in [-0.4, -0.2) is 48.7 Å². The van der Waals surface area contributed by atoms with E-state index in [9.17, 15) is 9.59 Å².